The zero-order valence-electron chi connectivity index (χ0n) is 9.60. The van der Waals surface area contributed by atoms with E-state index in [4.69, 9.17) is 0 Å². The van der Waals surface area contributed by atoms with Crippen molar-refractivity contribution >= 4 is 11.9 Å². The lowest BCUT2D eigenvalue weighted by Gasteiger charge is -2.41. The molecular formula is C14H15NO2. The van der Waals surface area contributed by atoms with Crippen molar-refractivity contribution in [3.8, 4) is 5.75 Å². The second-order valence-electron chi connectivity index (χ2n) is 4.71. The van der Waals surface area contributed by atoms with Gasteiger partial charge in [-0.1, -0.05) is 18.2 Å². The molecule has 1 aromatic rings. The zero-order chi connectivity index (χ0) is 11.8. The Labute approximate surface area is 100 Å². The average Bonchev–Trinajstić information content (AvgIpc) is 2.36. The number of fused-ring (bicyclic) bond motifs is 3. The summed E-state index contributed by atoms with van der Waals surface area (Å²) >= 11 is 0. The smallest absolute Gasteiger partial charge is 0.182 e. The first-order chi connectivity index (χ1) is 8.25. The van der Waals surface area contributed by atoms with Gasteiger partial charge >= 0.3 is 0 Å². The van der Waals surface area contributed by atoms with Crippen molar-refractivity contribution in [3.63, 3.8) is 0 Å². The molecule has 3 heteroatoms. The van der Waals surface area contributed by atoms with Gasteiger partial charge < -0.3 is 10.0 Å². The average molecular weight is 229 g/mol. The quantitative estimate of drug-likeness (QED) is 0.749. The molecule has 0 unspecified atom stereocenters. The molecule has 88 valence electrons. The van der Waals surface area contributed by atoms with Crippen LogP contribution in [0.1, 0.15) is 18.4 Å². The first-order valence-electron chi connectivity index (χ1n) is 6.04. The number of allylic oxidation sites excluding steroid dienone is 1. The van der Waals surface area contributed by atoms with E-state index in [1.54, 1.807) is 12.1 Å². The second kappa shape index (κ2) is 3.91. The number of benzene rings is 1. The fourth-order valence-electron chi connectivity index (χ4n) is 2.67. The third-order valence-electron chi connectivity index (χ3n) is 3.69. The van der Waals surface area contributed by atoms with Gasteiger partial charge in [0.25, 0.3) is 0 Å². The summed E-state index contributed by atoms with van der Waals surface area (Å²) in [6, 6.07) is 7.13. The Morgan fingerprint density at radius 3 is 2.59 bits per heavy atom. The minimum atomic E-state index is 0.206. The van der Waals surface area contributed by atoms with Crippen LogP contribution in [0.15, 0.2) is 30.0 Å². The lowest BCUT2D eigenvalue weighted by atomic mass is 9.84. The Morgan fingerprint density at radius 1 is 1.24 bits per heavy atom. The van der Waals surface area contributed by atoms with Crippen LogP contribution < -0.4 is 0 Å². The van der Waals surface area contributed by atoms with E-state index >= 15 is 0 Å². The monoisotopic (exact) mass is 229 g/mol. The SMILES string of the molecule is O=C1C(=Cc2ccccc2O)N2CCC1CC2. The molecule has 1 N–H and O–H groups in total. The van der Waals surface area contributed by atoms with Gasteiger partial charge in [-0.05, 0) is 25.0 Å². The molecule has 3 nitrogen and oxygen atoms in total. The lowest BCUT2D eigenvalue weighted by molar-refractivity contribution is -0.125. The Kier molecular flexibility index (Phi) is 2.39. The molecule has 0 spiro atoms. The van der Waals surface area contributed by atoms with E-state index in [2.05, 4.69) is 4.90 Å². The van der Waals surface area contributed by atoms with Gasteiger partial charge in [0.2, 0.25) is 0 Å². The molecule has 17 heavy (non-hydrogen) atoms. The van der Waals surface area contributed by atoms with E-state index in [0.717, 1.165) is 37.2 Å². The van der Waals surface area contributed by atoms with Gasteiger partial charge in [0.1, 0.15) is 5.75 Å². The van der Waals surface area contributed by atoms with E-state index in [1.807, 2.05) is 18.2 Å². The number of carbonyl (C=O) groups is 1. The van der Waals surface area contributed by atoms with Crippen molar-refractivity contribution < 1.29 is 9.90 Å². The van der Waals surface area contributed by atoms with Gasteiger partial charge in [0.15, 0.2) is 5.78 Å². The fraction of sp³-hybridized carbons (Fsp3) is 0.357. The number of aromatic hydroxyl groups is 1. The highest BCUT2D eigenvalue weighted by atomic mass is 16.3. The molecular weight excluding hydrogens is 214 g/mol. The number of para-hydroxylation sites is 1. The highest BCUT2D eigenvalue weighted by molar-refractivity contribution is 6.02. The summed E-state index contributed by atoms with van der Waals surface area (Å²) in [5, 5.41) is 9.72. The van der Waals surface area contributed by atoms with E-state index in [0.29, 0.717) is 0 Å². The summed E-state index contributed by atoms with van der Waals surface area (Å²) in [5.41, 5.74) is 1.50. The molecule has 3 heterocycles. The summed E-state index contributed by atoms with van der Waals surface area (Å²) in [5.74, 6) is 0.679. The maximum atomic E-state index is 12.1. The van der Waals surface area contributed by atoms with Crippen LogP contribution in [0.5, 0.6) is 5.75 Å². The fourth-order valence-corrected chi connectivity index (χ4v) is 2.67. The third-order valence-corrected chi connectivity index (χ3v) is 3.69. The minimum Gasteiger partial charge on any atom is -0.507 e. The molecule has 1 aromatic carbocycles. The van der Waals surface area contributed by atoms with Crippen molar-refractivity contribution in [3.05, 3.63) is 35.5 Å². The Morgan fingerprint density at radius 2 is 1.94 bits per heavy atom. The first-order valence-corrected chi connectivity index (χ1v) is 6.04. The molecule has 0 aromatic heterocycles. The number of phenolic OH excluding ortho intramolecular Hbond substituents is 1. The first kappa shape index (κ1) is 10.4. The van der Waals surface area contributed by atoms with Crippen LogP contribution in [0.2, 0.25) is 0 Å². The van der Waals surface area contributed by atoms with Crippen LogP contribution in [0, 0.1) is 5.92 Å². The molecule has 0 saturated carbocycles. The predicted molar refractivity (Wildman–Crippen MR) is 65.4 cm³/mol. The standard InChI is InChI=1S/C14H15NO2/c16-13-4-2-1-3-11(13)9-12-14(17)10-5-7-15(12)8-6-10/h1-4,9-10,16H,5-8H2. The molecule has 0 aliphatic carbocycles. The predicted octanol–water partition coefficient (Wildman–Crippen LogP) is 2.03. The molecule has 3 saturated heterocycles. The van der Waals surface area contributed by atoms with Crippen LogP contribution in [0.25, 0.3) is 6.08 Å². The van der Waals surface area contributed by atoms with E-state index in [-0.39, 0.29) is 17.5 Å². The van der Waals surface area contributed by atoms with Gasteiger partial charge in [-0.2, -0.15) is 0 Å². The van der Waals surface area contributed by atoms with Gasteiger partial charge in [-0.25, -0.2) is 0 Å². The highest BCUT2D eigenvalue weighted by Gasteiger charge is 2.36. The van der Waals surface area contributed by atoms with Gasteiger partial charge in [0, 0.05) is 24.6 Å². The number of hydrogen-bond acceptors (Lipinski definition) is 3. The minimum absolute atomic E-state index is 0.206. The summed E-state index contributed by atoms with van der Waals surface area (Å²) in [6.45, 7) is 1.94. The number of phenols is 1. The number of hydrogen-bond donors (Lipinski definition) is 1. The maximum absolute atomic E-state index is 12.1. The Balaban J connectivity index is 1.99. The number of rotatable bonds is 1. The van der Waals surface area contributed by atoms with Crippen molar-refractivity contribution in [1.82, 2.24) is 4.90 Å². The summed E-state index contributed by atoms with van der Waals surface area (Å²) in [7, 11) is 0. The van der Waals surface area contributed by atoms with E-state index in [9.17, 15) is 9.90 Å². The van der Waals surface area contributed by atoms with Gasteiger partial charge in [-0.15, -0.1) is 0 Å². The number of piperidine rings is 3. The zero-order valence-corrected chi connectivity index (χ0v) is 9.60. The van der Waals surface area contributed by atoms with Crippen molar-refractivity contribution in [1.29, 1.82) is 0 Å². The van der Waals surface area contributed by atoms with Crippen molar-refractivity contribution in [2.24, 2.45) is 5.92 Å². The molecule has 0 radical (unpaired) electrons. The molecule has 3 aliphatic heterocycles. The van der Waals surface area contributed by atoms with Crippen molar-refractivity contribution in [2.45, 2.75) is 12.8 Å². The molecule has 3 aliphatic rings. The number of ketones is 1. The Bertz CT molecular complexity index is 485. The second-order valence-corrected chi connectivity index (χ2v) is 4.71. The molecule has 4 rings (SSSR count). The third kappa shape index (κ3) is 1.71. The van der Waals surface area contributed by atoms with Gasteiger partial charge in [0.05, 0.1) is 5.70 Å². The lowest BCUT2D eigenvalue weighted by Crippen LogP contribution is -2.45. The molecule has 0 amide bonds. The summed E-state index contributed by atoms with van der Waals surface area (Å²) in [4.78, 5) is 14.2. The molecule has 2 bridgehead atoms. The largest absolute Gasteiger partial charge is 0.507 e. The Hall–Kier alpha value is -1.77. The normalized spacial score (nSPS) is 22.5. The number of nitrogens with zero attached hydrogens (tertiary/aromatic N) is 1. The van der Waals surface area contributed by atoms with Crippen molar-refractivity contribution in [2.75, 3.05) is 13.1 Å². The number of Topliss-reactive ketones (excluding diaryl/α,β-unsaturated/α-hetero) is 1. The number of carbonyl (C=O) groups excluding carboxylic acids is 1. The van der Waals surface area contributed by atoms with Crippen LogP contribution in [-0.2, 0) is 4.79 Å². The molecule has 3 fully saturated rings. The summed E-state index contributed by atoms with van der Waals surface area (Å²) in [6.07, 6.45) is 3.79. The maximum Gasteiger partial charge on any atom is 0.182 e. The van der Waals surface area contributed by atoms with Crippen LogP contribution in [0.3, 0.4) is 0 Å². The molecule has 0 atom stereocenters. The highest BCUT2D eigenvalue weighted by Crippen LogP contribution is 2.33. The summed E-state index contributed by atoms with van der Waals surface area (Å²) < 4.78 is 0. The van der Waals surface area contributed by atoms with Crippen LogP contribution in [0.4, 0.5) is 0 Å². The van der Waals surface area contributed by atoms with E-state index in [1.165, 1.54) is 0 Å². The topological polar surface area (TPSA) is 40.5 Å². The van der Waals surface area contributed by atoms with Crippen LogP contribution >= 0.6 is 0 Å². The van der Waals surface area contributed by atoms with Gasteiger partial charge in [-0.3, -0.25) is 4.79 Å². The van der Waals surface area contributed by atoms with E-state index < -0.39 is 0 Å². The van der Waals surface area contributed by atoms with Crippen LogP contribution in [-0.4, -0.2) is 28.9 Å².